The molecule has 1 aliphatic heterocycles. The largest absolute Gasteiger partial charge is 0.398 e. The molecule has 1 saturated heterocycles. The summed E-state index contributed by atoms with van der Waals surface area (Å²) in [6.07, 6.45) is 1.02. The molecule has 1 aromatic rings. The second kappa shape index (κ2) is 6.61. The Morgan fingerprint density at radius 3 is 2.61 bits per heavy atom. The number of halogens is 1. The van der Waals surface area contributed by atoms with E-state index < -0.39 is 0 Å². The molecule has 0 unspecified atom stereocenters. The fourth-order valence-corrected chi connectivity index (χ4v) is 2.11. The average molecular weight is 270 g/mol. The number of anilines is 1. The Labute approximate surface area is 114 Å². The number of benzene rings is 1. The zero-order valence-electron chi connectivity index (χ0n) is 10.6. The van der Waals surface area contributed by atoms with Gasteiger partial charge in [0.15, 0.2) is 0 Å². The van der Waals surface area contributed by atoms with Crippen LogP contribution in [0, 0.1) is 0 Å². The second-order valence-electron chi connectivity index (χ2n) is 4.54. The molecule has 0 aliphatic carbocycles. The highest BCUT2D eigenvalue weighted by molar-refractivity contribution is 5.99. The topological polar surface area (TPSA) is 49.6 Å². The van der Waals surface area contributed by atoms with E-state index >= 15 is 0 Å². The molecule has 0 radical (unpaired) electrons. The smallest absolute Gasteiger partial charge is 0.255 e. The number of rotatable bonds is 1. The van der Waals surface area contributed by atoms with Gasteiger partial charge in [-0.1, -0.05) is 12.1 Å². The third kappa shape index (κ3) is 3.37. The van der Waals surface area contributed by atoms with Crippen LogP contribution in [0.4, 0.5) is 5.69 Å². The van der Waals surface area contributed by atoms with Gasteiger partial charge in [-0.2, -0.15) is 0 Å². The van der Waals surface area contributed by atoms with E-state index in [0.717, 1.165) is 32.6 Å². The highest BCUT2D eigenvalue weighted by Gasteiger charge is 2.19. The summed E-state index contributed by atoms with van der Waals surface area (Å²) < 4.78 is 0. The summed E-state index contributed by atoms with van der Waals surface area (Å²) in [5.41, 5.74) is 7.02. The van der Waals surface area contributed by atoms with Crippen molar-refractivity contribution in [2.45, 2.75) is 6.42 Å². The highest BCUT2D eigenvalue weighted by atomic mass is 35.5. The number of nitrogens with two attached hydrogens (primary N) is 1. The lowest BCUT2D eigenvalue weighted by Crippen LogP contribution is -2.34. The Balaban J connectivity index is 0.00000162. The molecule has 0 saturated carbocycles. The molecule has 4 nitrogen and oxygen atoms in total. The number of hydrogen-bond acceptors (Lipinski definition) is 3. The van der Waals surface area contributed by atoms with Gasteiger partial charge in [-0.3, -0.25) is 4.79 Å². The SMILES string of the molecule is CN1CCCN(C(=O)c2ccccc2N)CC1.Cl. The third-order valence-electron chi connectivity index (χ3n) is 3.20. The molecule has 0 aromatic heterocycles. The number of carbonyl (C=O) groups is 1. The zero-order valence-corrected chi connectivity index (χ0v) is 11.4. The summed E-state index contributed by atoms with van der Waals surface area (Å²) >= 11 is 0. The van der Waals surface area contributed by atoms with Gasteiger partial charge in [0, 0.05) is 25.3 Å². The summed E-state index contributed by atoms with van der Waals surface area (Å²) in [6.45, 7) is 3.58. The van der Waals surface area contributed by atoms with Crippen LogP contribution in [0.2, 0.25) is 0 Å². The number of nitrogens with zero attached hydrogens (tertiary/aromatic N) is 2. The Morgan fingerprint density at radius 2 is 1.89 bits per heavy atom. The molecule has 2 rings (SSSR count). The van der Waals surface area contributed by atoms with Crippen LogP contribution in [0.3, 0.4) is 0 Å². The lowest BCUT2D eigenvalue weighted by atomic mass is 10.1. The van der Waals surface area contributed by atoms with Crippen molar-refractivity contribution in [3.05, 3.63) is 29.8 Å². The Hall–Kier alpha value is -1.26. The van der Waals surface area contributed by atoms with Crippen molar-refractivity contribution in [2.75, 3.05) is 39.0 Å². The molecule has 1 aliphatic rings. The Bertz CT molecular complexity index is 411. The van der Waals surface area contributed by atoms with Crippen LogP contribution in [0.5, 0.6) is 0 Å². The molecule has 0 bridgehead atoms. The van der Waals surface area contributed by atoms with E-state index in [4.69, 9.17) is 5.73 Å². The molecular weight excluding hydrogens is 250 g/mol. The third-order valence-corrected chi connectivity index (χ3v) is 3.20. The van der Waals surface area contributed by atoms with Gasteiger partial charge in [0.25, 0.3) is 5.91 Å². The number of carbonyl (C=O) groups excluding carboxylic acids is 1. The first kappa shape index (κ1) is 14.8. The van der Waals surface area contributed by atoms with E-state index in [1.54, 1.807) is 12.1 Å². The summed E-state index contributed by atoms with van der Waals surface area (Å²) in [4.78, 5) is 16.5. The number of amides is 1. The maximum atomic E-state index is 12.3. The molecule has 1 fully saturated rings. The van der Waals surface area contributed by atoms with E-state index in [1.807, 2.05) is 17.0 Å². The van der Waals surface area contributed by atoms with Crippen molar-refractivity contribution < 1.29 is 4.79 Å². The first-order valence-corrected chi connectivity index (χ1v) is 6.01. The van der Waals surface area contributed by atoms with Gasteiger partial charge < -0.3 is 15.5 Å². The average Bonchev–Trinajstić information content (AvgIpc) is 2.54. The summed E-state index contributed by atoms with van der Waals surface area (Å²) in [6, 6.07) is 7.28. The van der Waals surface area contributed by atoms with E-state index in [2.05, 4.69) is 11.9 Å². The van der Waals surface area contributed by atoms with Crippen molar-refractivity contribution in [1.29, 1.82) is 0 Å². The highest BCUT2D eigenvalue weighted by Crippen LogP contribution is 2.14. The molecular formula is C13H20ClN3O. The summed E-state index contributed by atoms with van der Waals surface area (Å²) in [7, 11) is 2.09. The van der Waals surface area contributed by atoms with Crippen molar-refractivity contribution in [1.82, 2.24) is 9.80 Å². The molecule has 0 spiro atoms. The number of likely N-dealkylation sites (N-methyl/N-ethyl adjacent to an activating group) is 1. The van der Waals surface area contributed by atoms with Crippen LogP contribution in [0.1, 0.15) is 16.8 Å². The van der Waals surface area contributed by atoms with Gasteiger partial charge in [-0.15, -0.1) is 12.4 Å². The van der Waals surface area contributed by atoms with E-state index in [9.17, 15) is 4.79 Å². The molecule has 1 aromatic carbocycles. The van der Waals surface area contributed by atoms with Crippen LogP contribution < -0.4 is 5.73 Å². The van der Waals surface area contributed by atoms with Gasteiger partial charge in [-0.05, 0) is 32.1 Å². The standard InChI is InChI=1S/C13H19N3O.ClH/c1-15-7-4-8-16(10-9-15)13(17)11-5-2-3-6-12(11)14;/h2-3,5-6H,4,7-10,14H2,1H3;1H. The predicted octanol–water partition coefficient (Wildman–Crippen LogP) is 1.47. The van der Waals surface area contributed by atoms with E-state index in [1.165, 1.54) is 0 Å². The first-order valence-electron chi connectivity index (χ1n) is 6.01. The number of para-hydroxylation sites is 1. The lowest BCUT2D eigenvalue weighted by molar-refractivity contribution is 0.0764. The zero-order chi connectivity index (χ0) is 12.3. The monoisotopic (exact) mass is 269 g/mol. The quantitative estimate of drug-likeness (QED) is 0.786. The van der Waals surface area contributed by atoms with Crippen LogP contribution in [0.25, 0.3) is 0 Å². The van der Waals surface area contributed by atoms with E-state index in [-0.39, 0.29) is 18.3 Å². The molecule has 0 atom stereocenters. The maximum Gasteiger partial charge on any atom is 0.255 e. The molecule has 1 amide bonds. The van der Waals surface area contributed by atoms with Gasteiger partial charge in [0.2, 0.25) is 0 Å². The van der Waals surface area contributed by atoms with Gasteiger partial charge >= 0.3 is 0 Å². The maximum absolute atomic E-state index is 12.3. The van der Waals surface area contributed by atoms with Crippen molar-refractivity contribution in [2.24, 2.45) is 0 Å². The molecule has 1 heterocycles. The van der Waals surface area contributed by atoms with Gasteiger partial charge in [0.1, 0.15) is 0 Å². The minimum Gasteiger partial charge on any atom is -0.398 e. The first-order chi connectivity index (χ1) is 8.18. The van der Waals surface area contributed by atoms with Crippen molar-refractivity contribution >= 4 is 24.0 Å². The molecule has 100 valence electrons. The Morgan fingerprint density at radius 1 is 1.17 bits per heavy atom. The van der Waals surface area contributed by atoms with Crippen LogP contribution in [-0.4, -0.2) is 48.9 Å². The normalized spacial score (nSPS) is 16.8. The van der Waals surface area contributed by atoms with Crippen LogP contribution in [0.15, 0.2) is 24.3 Å². The minimum atomic E-state index is 0. The van der Waals surface area contributed by atoms with Crippen molar-refractivity contribution in [3.8, 4) is 0 Å². The molecule has 2 N–H and O–H groups in total. The number of nitrogen functional groups attached to an aromatic ring is 1. The summed E-state index contributed by atoms with van der Waals surface area (Å²) in [5.74, 6) is 0.0541. The minimum absolute atomic E-state index is 0. The lowest BCUT2D eigenvalue weighted by Gasteiger charge is -2.21. The number of hydrogen-bond donors (Lipinski definition) is 1. The van der Waals surface area contributed by atoms with Crippen LogP contribution in [-0.2, 0) is 0 Å². The van der Waals surface area contributed by atoms with Crippen LogP contribution >= 0.6 is 12.4 Å². The predicted molar refractivity (Wildman–Crippen MR) is 76.1 cm³/mol. The Kier molecular flexibility index (Phi) is 5.44. The fraction of sp³-hybridized carbons (Fsp3) is 0.462. The second-order valence-corrected chi connectivity index (χ2v) is 4.54. The molecule has 18 heavy (non-hydrogen) atoms. The van der Waals surface area contributed by atoms with Gasteiger partial charge in [0.05, 0.1) is 5.56 Å². The molecule has 5 heteroatoms. The van der Waals surface area contributed by atoms with Gasteiger partial charge in [-0.25, -0.2) is 0 Å². The fourth-order valence-electron chi connectivity index (χ4n) is 2.11. The summed E-state index contributed by atoms with van der Waals surface area (Å²) in [5, 5.41) is 0. The van der Waals surface area contributed by atoms with E-state index in [0.29, 0.717) is 11.3 Å². The van der Waals surface area contributed by atoms with Crippen molar-refractivity contribution in [3.63, 3.8) is 0 Å².